The molecule has 0 amide bonds. The van der Waals surface area contributed by atoms with E-state index in [1.165, 1.54) is 5.69 Å². The average Bonchev–Trinajstić information content (AvgIpc) is 2.96. The molecular weight excluding hydrogens is 318 g/mol. The van der Waals surface area contributed by atoms with Gasteiger partial charge in [-0.05, 0) is 48.0 Å². The molecule has 1 atom stereocenters. The van der Waals surface area contributed by atoms with Crippen LogP contribution >= 0.6 is 15.9 Å². The van der Waals surface area contributed by atoms with Crippen LogP contribution in [0.4, 0.5) is 0 Å². The number of nitrogens with zero attached hydrogens (tertiary/aromatic N) is 2. The van der Waals surface area contributed by atoms with Crippen molar-refractivity contribution < 1.29 is 4.42 Å². The summed E-state index contributed by atoms with van der Waals surface area (Å²) in [6.45, 7) is 7.11. The van der Waals surface area contributed by atoms with E-state index in [-0.39, 0.29) is 6.04 Å². The van der Waals surface area contributed by atoms with Crippen LogP contribution in [0.5, 0.6) is 0 Å². The zero-order valence-electron chi connectivity index (χ0n) is 12.5. The number of nitrogens with one attached hydrogen (secondary N) is 1. The van der Waals surface area contributed by atoms with Gasteiger partial charge in [0.1, 0.15) is 11.5 Å². The predicted molar refractivity (Wildman–Crippen MR) is 83.9 cm³/mol. The third-order valence-electron chi connectivity index (χ3n) is 3.46. The molecule has 2 rings (SSSR count). The van der Waals surface area contributed by atoms with Crippen LogP contribution in [0.3, 0.4) is 0 Å². The molecule has 0 spiro atoms. The Labute approximate surface area is 128 Å². The van der Waals surface area contributed by atoms with Crippen LogP contribution in [-0.4, -0.2) is 16.3 Å². The molecule has 2 heterocycles. The Bertz CT molecular complexity index is 574. The van der Waals surface area contributed by atoms with Gasteiger partial charge < -0.3 is 9.73 Å². The van der Waals surface area contributed by atoms with E-state index in [0.717, 1.165) is 41.1 Å². The first-order valence-corrected chi connectivity index (χ1v) is 7.86. The van der Waals surface area contributed by atoms with Crippen molar-refractivity contribution in [2.45, 2.75) is 39.7 Å². The molecule has 0 aliphatic carbocycles. The topological polar surface area (TPSA) is 43.0 Å². The van der Waals surface area contributed by atoms with Crippen molar-refractivity contribution in [1.29, 1.82) is 0 Å². The van der Waals surface area contributed by atoms with Crippen molar-refractivity contribution >= 4 is 15.9 Å². The number of furan rings is 1. The van der Waals surface area contributed by atoms with Gasteiger partial charge in [-0.15, -0.1) is 0 Å². The SMILES string of the molecule is CCNC(Cc1c(Br)c(CC)nn1C)c1ccc(C)o1. The summed E-state index contributed by atoms with van der Waals surface area (Å²) in [6.07, 6.45) is 1.78. The summed E-state index contributed by atoms with van der Waals surface area (Å²) in [5.41, 5.74) is 2.30. The van der Waals surface area contributed by atoms with E-state index in [4.69, 9.17) is 4.42 Å². The van der Waals surface area contributed by atoms with Gasteiger partial charge in [0.25, 0.3) is 0 Å². The van der Waals surface area contributed by atoms with E-state index in [2.05, 4.69) is 40.2 Å². The summed E-state index contributed by atoms with van der Waals surface area (Å²) in [5, 5.41) is 8.04. The Morgan fingerprint density at radius 3 is 2.65 bits per heavy atom. The third kappa shape index (κ3) is 3.15. The monoisotopic (exact) mass is 339 g/mol. The fourth-order valence-corrected chi connectivity index (χ4v) is 3.17. The van der Waals surface area contributed by atoms with Crippen LogP contribution < -0.4 is 5.32 Å². The Balaban J connectivity index is 2.26. The Morgan fingerprint density at radius 1 is 1.40 bits per heavy atom. The molecule has 4 nitrogen and oxygen atoms in total. The lowest BCUT2D eigenvalue weighted by Gasteiger charge is -2.16. The molecule has 1 N–H and O–H groups in total. The molecule has 2 aromatic rings. The van der Waals surface area contributed by atoms with Gasteiger partial charge in [-0.3, -0.25) is 4.68 Å². The van der Waals surface area contributed by atoms with Crippen molar-refractivity contribution in [3.05, 3.63) is 39.5 Å². The van der Waals surface area contributed by atoms with Crippen molar-refractivity contribution in [1.82, 2.24) is 15.1 Å². The van der Waals surface area contributed by atoms with E-state index in [1.54, 1.807) is 0 Å². The molecule has 2 aromatic heterocycles. The van der Waals surface area contributed by atoms with Crippen molar-refractivity contribution in [3.63, 3.8) is 0 Å². The van der Waals surface area contributed by atoms with Crippen LogP contribution in [0.25, 0.3) is 0 Å². The second-order valence-corrected chi connectivity index (χ2v) is 5.74. The molecule has 0 fully saturated rings. The van der Waals surface area contributed by atoms with Gasteiger partial charge in [-0.2, -0.15) is 5.10 Å². The number of hydrogen-bond acceptors (Lipinski definition) is 3. The maximum absolute atomic E-state index is 5.78. The highest BCUT2D eigenvalue weighted by Gasteiger charge is 2.20. The second-order valence-electron chi connectivity index (χ2n) is 4.95. The van der Waals surface area contributed by atoms with Gasteiger partial charge in [-0.25, -0.2) is 0 Å². The lowest BCUT2D eigenvalue weighted by atomic mass is 10.1. The first kappa shape index (κ1) is 15.3. The minimum Gasteiger partial charge on any atom is -0.465 e. The summed E-state index contributed by atoms with van der Waals surface area (Å²) in [4.78, 5) is 0. The van der Waals surface area contributed by atoms with Gasteiger partial charge in [0.2, 0.25) is 0 Å². The van der Waals surface area contributed by atoms with Crippen LogP contribution in [0.15, 0.2) is 21.0 Å². The average molecular weight is 340 g/mol. The molecule has 0 aliphatic rings. The fourth-order valence-electron chi connectivity index (χ4n) is 2.40. The van der Waals surface area contributed by atoms with Crippen LogP contribution in [0.2, 0.25) is 0 Å². The summed E-state index contributed by atoms with van der Waals surface area (Å²) in [5.74, 6) is 1.93. The van der Waals surface area contributed by atoms with Crippen LogP contribution in [-0.2, 0) is 19.9 Å². The molecule has 0 bridgehead atoms. The zero-order chi connectivity index (χ0) is 14.7. The van der Waals surface area contributed by atoms with Gasteiger partial charge >= 0.3 is 0 Å². The Kier molecular flexibility index (Phi) is 5.05. The molecule has 0 aromatic carbocycles. The Morgan fingerprint density at radius 2 is 2.15 bits per heavy atom. The summed E-state index contributed by atoms with van der Waals surface area (Å²) in [6, 6.07) is 4.23. The summed E-state index contributed by atoms with van der Waals surface area (Å²) < 4.78 is 8.86. The van der Waals surface area contributed by atoms with Gasteiger partial charge in [-0.1, -0.05) is 13.8 Å². The number of rotatable bonds is 6. The quantitative estimate of drug-likeness (QED) is 0.875. The fraction of sp³-hybridized carbons (Fsp3) is 0.533. The molecule has 0 radical (unpaired) electrons. The normalized spacial score (nSPS) is 12.8. The molecule has 0 aliphatic heterocycles. The van der Waals surface area contributed by atoms with E-state index < -0.39 is 0 Å². The second kappa shape index (κ2) is 6.59. The van der Waals surface area contributed by atoms with Crippen LogP contribution in [0, 0.1) is 6.92 Å². The van der Waals surface area contributed by atoms with Crippen molar-refractivity contribution in [2.24, 2.45) is 7.05 Å². The molecule has 20 heavy (non-hydrogen) atoms. The van der Waals surface area contributed by atoms with Gasteiger partial charge in [0.05, 0.1) is 21.9 Å². The molecule has 5 heteroatoms. The lowest BCUT2D eigenvalue weighted by molar-refractivity contribution is 0.398. The smallest absolute Gasteiger partial charge is 0.121 e. The van der Waals surface area contributed by atoms with Crippen molar-refractivity contribution in [2.75, 3.05) is 6.54 Å². The summed E-state index contributed by atoms with van der Waals surface area (Å²) in [7, 11) is 2.00. The minimum atomic E-state index is 0.171. The number of halogens is 1. The molecule has 0 saturated carbocycles. The largest absolute Gasteiger partial charge is 0.465 e. The maximum atomic E-state index is 5.78. The van der Waals surface area contributed by atoms with E-state index >= 15 is 0 Å². The number of aryl methyl sites for hydroxylation is 3. The predicted octanol–water partition coefficient (Wildman–Crippen LogP) is 3.54. The summed E-state index contributed by atoms with van der Waals surface area (Å²) >= 11 is 3.68. The van der Waals surface area contributed by atoms with Gasteiger partial charge in [0.15, 0.2) is 0 Å². The van der Waals surface area contributed by atoms with Gasteiger partial charge in [0, 0.05) is 13.5 Å². The standard InChI is InChI=1S/C15H22BrN3O/c1-5-11-15(16)13(19(4)18-11)9-12(17-6-2)14-8-7-10(3)20-14/h7-8,12,17H,5-6,9H2,1-4H3. The van der Waals surface area contributed by atoms with E-state index in [1.807, 2.05) is 30.8 Å². The first-order chi connectivity index (χ1) is 9.56. The molecule has 110 valence electrons. The highest BCUT2D eigenvalue weighted by molar-refractivity contribution is 9.10. The van der Waals surface area contributed by atoms with E-state index in [0.29, 0.717) is 0 Å². The van der Waals surface area contributed by atoms with Crippen LogP contribution in [0.1, 0.15) is 42.8 Å². The highest BCUT2D eigenvalue weighted by Crippen LogP contribution is 2.27. The number of hydrogen-bond donors (Lipinski definition) is 1. The number of aromatic nitrogens is 2. The minimum absolute atomic E-state index is 0.171. The van der Waals surface area contributed by atoms with E-state index in [9.17, 15) is 0 Å². The number of likely N-dealkylation sites (N-methyl/N-ethyl adjacent to an activating group) is 1. The maximum Gasteiger partial charge on any atom is 0.121 e. The lowest BCUT2D eigenvalue weighted by Crippen LogP contribution is -2.23. The third-order valence-corrected chi connectivity index (χ3v) is 4.37. The van der Waals surface area contributed by atoms with Crippen molar-refractivity contribution in [3.8, 4) is 0 Å². The molecule has 0 saturated heterocycles. The molecular formula is C15H22BrN3O. The zero-order valence-corrected chi connectivity index (χ0v) is 14.1. The Hall–Kier alpha value is -1.07. The molecule has 1 unspecified atom stereocenters. The first-order valence-electron chi connectivity index (χ1n) is 7.06. The highest BCUT2D eigenvalue weighted by atomic mass is 79.9.